The second-order valence-electron chi connectivity index (χ2n) is 9.19. The van der Waals surface area contributed by atoms with Gasteiger partial charge in [0, 0.05) is 32.9 Å². The van der Waals surface area contributed by atoms with E-state index in [1.807, 2.05) is 43.1 Å². The molecule has 1 saturated heterocycles. The molecular weight excluding hydrogens is 312 g/mol. The van der Waals surface area contributed by atoms with Crippen LogP contribution < -0.4 is 0 Å². The molecule has 2 aromatic heterocycles. The molecule has 2 aliphatic rings. The highest BCUT2D eigenvalue weighted by Crippen LogP contribution is 2.52. The first-order chi connectivity index (χ1) is 11.7. The van der Waals surface area contributed by atoms with Gasteiger partial charge in [-0.3, -0.25) is 9.48 Å². The van der Waals surface area contributed by atoms with Crippen LogP contribution in [-0.2, 0) is 14.1 Å². The highest BCUT2D eigenvalue weighted by atomic mass is 16.2. The van der Waals surface area contributed by atoms with Gasteiger partial charge in [0.15, 0.2) is 0 Å². The van der Waals surface area contributed by atoms with Crippen molar-refractivity contribution < 1.29 is 4.79 Å². The molecule has 2 atom stereocenters. The highest BCUT2D eigenvalue weighted by Gasteiger charge is 2.51. The standard InChI is InChI=1S/C20H28N4O/c1-19(2)10-14-11-20(3,12-19)13-24(14)18(25)17-9-15(21-23(17)5)16-7-6-8-22(16)4/h6-9,14H,10-13H2,1-5H3. The molecule has 4 rings (SSSR count). The Labute approximate surface area is 149 Å². The van der Waals surface area contributed by atoms with Crippen LogP contribution in [0.15, 0.2) is 24.4 Å². The van der Waals surface area contributed by atoms with Crippen molar-refractivity contribution >= 4 is 5.91 Å². The number of carbonyl (C=O) groups excluding carboxylic acids is 1. The maximum absolute atomic E-state index is 13.3. The average molecular weight is 340 g/mol. The van der Waals surface area contributed by atoms with Crippen LogP contribution in [0, 0.1) is 10.8 Å². The first-order valence-electron chi connectivity index (χ1n) is 9.14. The fourth-order valence-electron chi connectivity index (χ4n) is 5.36. The van der Waals surface area contributed by atoms with Crippen molar-refractivity contribution in [3.05, 3.63) is 30.1 Å². The Balaban J connectivity index is 1.64. The van der Waals surface area contributed by atoms with Crippen LogP contribution in [0.2, 0.25) is 0 Å². The van der Waals surface area contributed by atoms with Crippen LogP contribution in [0.1, 0.15) is 50.5 Å². The number of fused-ring (bicyclic) bond motifs is 2. The van der Waals surface area contributed by atoms with Gasteiger partial charge in [0.2, 0.25) is 0 Å². The minimum absolute atomic E-state index is 0.127. The Morgan fingerprint density at radius 1 is 1.24 bits per heavy atom. The summed E-state index contributed by atoms with van der Waals surface area (Å²) < 4.78 is 3.77. The van der Waals surface area contributed by atoms with Gasteiger partial charge in [-0.1, -0.05) is 20.8 Å². The Hall–Kier alpha value is -2.04. The third-order valence-electron chi connectivity index (χ3n) is 5.98. The smallest absolute Gasteiger partial charge is 0.272 e. The topological polar surface area (TPSA) is 43.1 Å². The highest BCUT2D eigenvalue weighted by molar-refractivity contribution is 5.94. The zero-order chi connectivity index (χ0) is 18.0. The van der Waals surface area contributed by atoms with Crippen molar-refractivity contribution in [3.8, 4) is 11.4 Å². The number of aromatic nitrogens is 3. The minimum atomic E-state index is 0.127. The number of rotatable bonds is 2. The maximum atomic E-state index is 13.3. The van der Waals surface area contributed by atoms with E-state index < -0.39 is 0 Å². The molecule has 1 aliphatic heterocycles. The third kappa shape index (κ3) is 2.70. The van der Waals surface area contributed by atoms with Crippen molar-refractivity contribution in [2.45, 2.75) is 46.1 Å². The summed E-state index contributed by atoms with van der Waals surface area (Å²) >= 11 is 0. The summed E-state index contributed by atoms with van der Waals surface area (Å²) in [5, 5.41) is 4.59. The van der Waals surface area contributed by atoms with Crippen LogP contribution in [0.3, 0.4) is 0 Å². The zero-order valence-corrected chi connectivity index (χ0v) is 15.9. The number of likely N-dealkylation sites (tertiary alicyclic amines) is 1. The summed E-state index contributed by atoms with van der Waals surface area (Å²) in [7, 11) is 3.87. The van der Waals surface area contributed by atoms with Crippen molar-refractivity contribution in [2.75, 3.05) is 6.54 Å². The molecule has 3 heterocycles. The van der Waals surface area contributed by atoms with E-state index in [0.29, 0.717) is 17.2 Å². The van der Waals surface area contributed by atoms with Crippen molar-refractivity contribution in [3.63, 3.8) is 0 Å². The van der Waals surface area contributed by atoms with E-state index in [0.717, 1.165) is 30.8 Å². The minimum Gasteiger partial charge on any atom is -0.349 e. The number of hydrogen-bond acceptors (Lipinski definition) is 2. The average Bonchev–Trinajstić information content (AvgIpc) is 3.13. The maximum Gasteiger partial charge on any atom is 0.272 e. The molecule has 0 aromatic carbocycles. The van der Waals surface area contributed by atoms with Crippen molar-refractivity contribution in [2.24, 2.45) is 24.9 Å². The van der Waals surface area contributed by atoms with E-state index in [4.69, 9.17) is 0 Å². The zero-order valence-electron chi connectivity index (χ0n) is 15.9. The van der Waals surface area contributed by atoms with Crippen molar-refractivity contribution in [1.82, 2.24) is 19.2 Å². The molecule has 1 amide bonds. The SMILES string of the molecule is Cn1cccc1-c1cc(C(=O)N2CC3(C)CC2CC(C)(C)C3)n(C)n1. The molecule has 0 N–H and O–H groups in total. The molecule has 0 radical (unpaired) electrons. The van der Waals surface area contributed by atoms with Crippen LogP contribution >= 0.6 is 0 Å². The number of hydrogen-bond donors (Lipinski definition) is 0. The van der Waals surface area contributed by atoms with E-state index in [1.54, 1.807) is 4.68 Å². The first-order valence-corrected chi connectivity index (χ1v) is 9.14. The quantitative estimate of drug-likeness (QED) is 0.840. The van der Waals surface area contributed by atoms with Crippen LogP contribution in [0.25, 0.3) is 11.4 Å². The summed E-state index contributed by atoms with van der Waals surface area (Å²) in [6.45, 7) is 7.88. The van der Waals surface area contributed by atoms with E-state index in [2.05, 4.69) is 30.8 Å². The molecule has 5 heteroatoms. The van der Waals surface area contributed by atoms with Gasteiger partial charge in [-0.05, 0) is 48.3 Å². The number of nitrogens with zero attached hydrogens (tertiary/aromatic N) is 4. The van der Waals surface area contributed by atoms with Gasteiger partial charge in [-0.25, -0.2) is 0 Å². The number of amides is 1. The molecule has 2 bridgehead atoms. The lowest BCUT2D eigenvalue weighted by atomic mass is 9.65. The van der Waals surface area contributed by atoms with E-state index in [-0.39, 0.29) is 11.3 Å². The Bertz CT molecular complexity index is 831. The second-order valence-corrected chi connectivity index (χ2v) is 9.19. The largest absolute Gasteiger partial charge is 0.349 e. The summed E-state index contributed by atoms with van der Waals surface area (Å²) in [5.41, 5.74) is 3.13. The van der Waals surface area contributed by atoms with Crippen LogP contribution in [0.5, 0.6) is 0 Å². The Kier molecular flexibility index (Phi) is 3.44. The van der Waals surface area contributed by atoms with Gasteiger partial charge >= 0.3 is 0 Å². The molecule has 134 valence electrons. The van der Waals surface area contributed by atoms with Gasteiger partial charge in [-0.2, -0.15) is 5.10 Å². The molecule has 25 heavy (non-hydrogen) atoms. The molecule has 2 aromatic rings. The number of aryl methyl sites for hydroxylation is 2. The summed E-state index contributed by atoms with van der Waals surface area (Å²) in [4.78, 5) is 15.4. The van der Waals surface area contributed by atoms with Crippen LogP contribution in [0.4, 0.5) is 0 Å². The molecule has 1 saturated carbocycles. The fourth-order valence-corrected chi connectivity index (χ4v) is 5.36. The van der Waals surface area contributed by atoms with Gasteiger partial charge in [-0.15, -0.1) is 0 Å². The predicted molar refractivity (Wildman–Crippen MR) is 98.2 cm³/mol. The third-order valence-corrected chi connectivity index (χ3v) is 5.98. The Morgan fingerprint density at radius 3 is 2.68 bits per heavy atom. The molecule has 1 aliphatic carbocycles. The van der Waals surface area contributed by atoms with E-state index >= 15 is 0 Å². The normalized spacial score (nSPS) is 27.7. The van der Waals surface area contributed by atoms with Gasteiger partial charge < -0.3 is 9.47 Å². The molecule has 2 unspecified atom stereocenters. The summed E-state index contributed by atoms with van der Waals surface area (Å²) in [5.74, 6) is 0.127. The second kappa shape index (κ2) is 5.23. The first kappa shape index (κ1) is 16.4. The lowest BCUT2D eigenvalue weighted by Crippen LogP contribution is -2.38. The monoisotopic (exact) mass is 340 g/mol. The molecule has 2 fully saturated rings. The van der Waals surface area contributed by atoms with Gasteiger partial charge in [0.05, 0.1) is 5.69 Å². The van der Waals surface area contributed by atoms with E-state index in [9.17, 15) is 4.79 Å². The molecule has 0 spiro atoms. The summed E-state index contributed by atoms with van der Waals surface area (Å²) in [6, 6.07) is 6.32. The van der Waals surface area contributed by atoms with Crippen molar-refractivity contribution in [1.29, 1.82) is 0 Å². The number of carbonyl (C=O) groups is 1. The summed E-state index contributed by atoms with van der Waals surface area (Å²) in [6.07, 6.45) is 5.42. The van der Waals surface area contributed by atoms with Crippen LogP contribution in [-0.4, -0.2) is 37.7 Å². The lowest BCUT2D eigenvalue weighted by Gasteiger charge is -2.39. The Morgan fingerprint density at radius 2 is 2.00 bits per heavy atom. The van der Waals surface area contributed by atoms with E-state index in [1.165, 1.54) is 6.42 Å². The lowest BCUT2D eigenvalue weighted by molar-refractivity contribution is 0.0697. The predicted octanol–water partition coefficient (Wildman–Crippen LogP) is 3.47. The van der Waals surface area contributed by atoms with Gasteiger partial charge in [0.1, 0.15) is 11.4 Å². The molecular formula is C20H28N4O. The fraction of sp³-hybridized carbons (Fsp3) is 0.600. The molecule has 5 nitrogen and oxygen atoms in total. The van der Waals surface area contributed by atoms with Gasteiger partial charge in [0.25, 0.3) is 5.91 Å².